The fraction of sp³-hybridized carbons (Fsp3) is 0.700. The van der Waals surface area contributed by atoms with Crippen molar-refractivity contribution in [3.63, 3.8) is 0 Å². The molecule has 0 spiro atoms. The summed E-state index contributed by atoms with van der Waals surface area (Å²) < 4.78 is 5.00. The molecular formula is C10H15N3O3. The Morgan fingerprint density at radius 1 is 1.69 bits per heavy atom. The van der Waals surface area contributed by atoms with E-state index in [2.05, 4.69) is 10.1 Å². The lowest BCUT2D eigenvalue weighted by Crippen LogP contribution is -2.47. The summed E-state index contributed by atoms with van der Waals surface area (Å²) in [7, 11) is 0. The first-order valence-electron chi connectivity index (χ1n) is 5.30. The number of carboxylic acids is 1. The molecule has 6 heteroatoms. The highest BCUT2D eigenvalue weighted by molar-refractivity contribution is 5.78. The minimum atomic E-state index is -0.803. The van der Waals surface area contributed by atoms with Gasteiger partial charge in [-0.3, -0.25) is 9.69 Å². The topological polar surface area (TPSA) is 79.5 Å². The Labute approximate surface area is 93.2 Å². The van der Waals surface area contributed by atoms with E-state index in [1.807, 2.05) is 4.90 Å². The Morgan fingerprint density at radius 3 is 3.00 bits per heavy atom. The molecule has 1 aromatic rings. The molecule has 88 valence electrons. The molecule has 2 rings (SSSR count). The highest BCUT2D eigenvalue weighted by atomic mass is 16.5. The van der Waals surface area contributed by atoms with Gasteiger partial charge in [0, 0.05) is 0 Å². The van der Waals surface area contributed by atoms with Gasteiger partial charge in [-0.2, -0.15) is 4.98 Å². The molecule has 6 nitrogen and oxygen atoms in total. The van der Waals surface area contributed by atoms with E-state index >= 15 is 0 Å². The molecule has 0 amide bonds. The van der Waals surface area contributed by atoms with E-state index in [4.69, 9.17) is 4.52 Å². The van der Waals surface area contributed by atoms with Crippen molar-refractivity contribution >= 4 is 5.97 Å². The highest BCUT2D eigenvalue weighted by Crippen LogP contribution is 2.30. The first-order valence-corrected chi connectivity index (χ1v) is 5.30. The molecule has 1 fully saturated rings. The zero-order valence-electron chi connectivity index (χ0n) is 9.43. The van der Waals surface area contributed by atoms with Gasteiger partial charge in [-0.1, -0.05) is 5.16 Å². The lowest BCUT2D eigenvalue weighted by molar-refractivity contribution is -0.149. The second kappa shape index (κ2) is 3.86. The number of aromatic nitrogens is 2. The number of hydrogen-bond donors (Lipinski definition) is 1. The maximum absolute atomic E-state index is 11.2. The van der Waals surface area contributed by atoms with Crippen LogP contribution in [0.4, 0.5) is 0 Å². The summed E-state index contributed by atoms with van der Waals surface area (Å²) >= 11 is 0. The molecular weight excluding hydrogens is 210 g/mol. The quantitative estimate of drug-likeness (QED) is 0.820. The summed E-state index contributed by atoms with van der Waals surface area (Å²) in [6.07, 6.45) is 1.55. The van der Waals surface area contributed by atoms with Crippen molar-refractivity contribution in [2.45, 2.75) is 38.8 Å². The molecule has 1 aliphatic heterocycles. The Balaban J connectivity index is 2.12. The molecule has 1 saturated heterocycles. The molecule has 1 atom stereocenters. The molecule has 0 saturated carbocycles. The van der Waals surface area contributed by atoms with Gasteiger partial charge in [0.2, 0.25) is 5.89 Å². The summed E-state index contributed by atoms with van der Waals surface area (Å²) in [6.45, 7) is 4.65. The molecule has 0 radical (unpaired) electrons. The molecule has 1 aliphatic rings. The molecule has 0 aliphatic carbocycles. The van der Waals surface area contributed by atoms with Crippen LogP contribution in [0.5, 0.6) is 0 Å². The van der Waals surface area contributed by atoms with Crippen LogP contribution in [0.3, 0.4) is 0 Å². The molecule has 1 aromatic heterocycles. The predicted molar refractivity (Wildman–Crippen MR) is 54.7 cm³/mol. The first-order chi connectivity index (χ1) is 7.52. The van der Waals surface area contributed by atoms with Gasteiger partial charge in [0.1, 0.15) is 5.54 Å². The molecule has 1 unspecified atom stereocenters. The number of carboxylic acid groups (broad SMARTS) is 1. The largest absolute Gasteiger partial charge is 0.480 e. The van der Waals surface area contributed by atoms with E-state index in [1.54, 1.807) is 13.8 Å². The van der Waals surface area contributed by atoms with Crippen LogP contribution in [0.15, 0.2) is 4.52 Å². The van der Waals surface area contributed by atoms with Crippen molar-refractivity contribution < 1.29 is 14.4 Å². The van der Waals surface area contributed by atoms with Crippen LogP contribution in [0.2, 0.25) is 0 Å². The van der Waals surface area contributed by atoms with Gasteiger partial charge in [0.05, 0.1) is 6.54 Å². The Hall–Kier alpha value is -1.43. The van der Waals surface area contributed by atoms with Crippen molar-refractivity contribution in [1.29, 1.82) is 0 Å². The average Bonchev–Trinajstić information content (AvgIpc) is 2.76. The summed E-state index contributed by atoms with van der Waals surface area (Å²) in [5.41, 5.74) is -0.803. The maximum atomic E-state index is 11.2. The van der Waals surface area contributed by atoms with Crippen molar-refractivity contribution in [2.75, 3.05) is 6.54 Å². The number of carbonyl (C=O) groups is 1. The number of aryl methyl sites for hydroxylation is 1. The van der Waals surface area contributed by atoms with Gasteiger partial charge in [-0.25, -0.2) is 0 Å². The van der Waals surface area contributed by atoms with Gasteiger partial charge < -0.3 is 9.63 Å². The third kappa shape index (κ3) is 1.80. The van der Waals surface area contributed by atoms with Crippen molar-refractivity contribution in [3.8, 4) is 0 Å². The molecule has 1 N–H and O–H groups in total. The summed E-state index contributed by atoms with van der Waals surface area (Å²) in [5.74, 6) is 0.263. The summed E-state index contributed by atoms with van der Waals surface area (Å²) in [5, 5.41) is 12.9. The van der Waals surface area contributed by atoms with Crippen LogP contribution in [-0.2, 0) is 11.3 Å². The van der Waals surface area contributed by atoms with Crippen molar-refractivity contribution in [2.24, 2.45) is 0 Å². The lowest BCUT2D eigenvalue weighted by Gasteiger charge is -2.29. The highest BCUT2D eigenvalue weighted by Gasteiger charge is 2.43. The molecule has 0 aromatic carbocycles. The zero-order valence-corrected chi connectivity index (χ0v) is 9.43. The number of hydrogen-bond acceptors (Lipinski definition) is 5. The summed E-state index contributed by atoms with van der Waals surface area (Å²) in [6, 6.07) is 0. The van der Waals surface area contributed by atoms with E-state index < -0.39 is 11.5 Å². The fourth-order valence-electron chi connectivity index (χ4n) is 2.08. The van der Waals surface area contributed by atoms with E-state index in [0.29, 0.717) is 24.7 Å². The van der Waals surface area contributed by atoms with E-state index in [1.165, 1.54) is 0 Å². The third-order valence-corrected chi connectivity index (χ3v) is 3.15. The summed E-state index contributed by atoms with van der Waals surface area (Å²) in [4.78, 5) is 17.2. The van der Waals surface area contributed by atoms with Crippen LogP contribution in [0.1, 0.15) is 31.5 Å². The number of likely N-dealkylation sites (tertiary alicyclic amines) is 1. The van der Waals surface area contributed by atoms with Crippen molar-refractivity contribution in [3.05, 3.63) is 11.7 Å². The smallest absolute Gasteiger partial charge is 0.323 e. The van der Waals surface area contributed by atoms with Gasteiger partial charge in [0.15, 0.2) is 5.82 Å². The minimum Gasteiger partial charge on any atom is -0.480 e. The predicted octanol–water partition coefficient (Wildman–Crippen LogP) is 0.817. The lowest BCUT2D eigenvalue weighted by atomic mass is 9.99. The van der Waals surface area contributed by atoms with Crippen LogP contribution in [0.25, 0.3) is 0 Å². The van der Waals surface area contributed by atoms with Crippen LogP contribution < -0.4 is 0 Å². The van der Waals surface area contributed by atoms with E-state index in [9.17, 15) is 9.90 Å². The molecule has 2 heterocycles. The molecule has 16 heavy (non-hydrogen) atoms. The van der Waals surface area contributed by atoms with Gasteiger partial charge >= 0.3 is 5.97 Å². The zero-order chi connectivity index (χ0) is 11.8. The van der Waals surface area contributed by atoms with Gasteiger partial charge in [-0.15, -0.1) is 0 Å². The third-order valence-electron chi connectivity index (χ3n) is 3.15. The van der Waals surface area contributed by atoms with Gasteiger partial charge in [0.25, 0.3) is 0 Å². The molecule has 0 bridgehead atoms. The van der Waals surface area contributed by atoms with Crippen LogP contribution in [0, 0.1) is 6.92 Å². The normalized spacial score (nSPS) is 26.1. The minimum absolute atomic E-state index is 0.406. The van der Waals surface area contributed by atoms with E-state index in [0.717, 1.165) is 13.0 Å². The fourth-order valence-corrected chi connectivity index (χ4v) is 2.08. The second-order valence-electron chi connectivity index (χ2n) is 4.34. The standard InChI is InChI=1S/C10H15N3O3/c1-7-11-8(16-12-7)6-13-5-3-4-10(13,2)9(14)15/h3-6H2,1-2H3,(H,14,15). The SMILES string of the molecule is Cc1noc(CN2CCCC2(C)C(=O)O)n1. The van der Waals surface area contributed by atoms with E-state index in [-0.39, 0.29) is 0 Å². The second-order valence-corrected chi connectivity index (χ2v) is 4.34. The van der Waals surface area contributed by atoms with Gasteiger partial charge in [-0.05, 0) is 33.2 Å². The number of nitrogens with zero attached hydrogens (tertiary/aromatic N) is 3. The number of rotatable bonds is 3. The van der Waals surface area contributed by atoms with Crippen LogP contribution >= 0.6 is 0 Å². The van der Waals surface area contributed by atoms with Crippen molar-refractivity contribution in [1.82, 2.24) is 15.0 Å². The average molecular weight is 225 g/mol. The Morgan fingerprint density at radius 2 is 2.44 bits per heavy atom. The first kappa shape index (κ1) is 11.1. The Kier molecular flexibility index (Phi) is 2.67. The monoisotopic (exact) mass is 225 g/mol. The maximum Gasteiger partial charge on any atom is 0.323 e. The Bertz CT molecular complexity index is 404. The van der Waals surface area contributed by atoms with Crippen LogP contribution in [-0.4, -0.2) is 38.2 Å². The number of aliphatic carboxylic acids is 1.